The van der Waals surface area contributed by atoms with Crippen molar-refractivity contribution in [2.24, 2.45) is 0 Å². The van der Waals surface area contributed by atoms with Crippen LogP contribution in [-0.2, 0) is 0 Å². The van der Waals surface area contributed by atoms with E-state index in [9.17, 15) is 0 Å². The molecule has 0 radical (unpaired) electrons. The summed E-state index contributed by atoms with van der Waals surface area (Å²) in [7, 11) is 0. The van der Waals surface area contributed by atoms with Crippen molar-refractivity contribution >= 4 is 23.5 Å². The predicted octanol–water partition coefficient (Wildman–Crippen LogP) is 3.62. The summed E-state index contributed by atoms with van der Waals surface area (Å²) >= 11 is 4.07. The Morgan fingerprint density at radius 1 is 1.30 bits per heavy atom. The van der Waals surface area contributed by atoms with E-state index >= 15 is 0 Å². The molecule has 0 amide bonds. The highest BCUT2D eigenvalue weighted by Crippen LogP contribution is 2.33. The van der Waals surface area contributed by atoms with Gasteiger partial charge in [0.2, 0.25) is 0 Å². The van der Waals surface area contributed by atoms with E-state index in [0.29, 0.717) is 4.75 Å². The first kappa shape index (κ1) is 10.7. The fourth-order valence-corrected chi connectivity index (χ4v) is 3.78. The minimum absolute atomic E-state index is 0.418. The summed E-state index contributed by atoms with van der Waals surface area (Å²) < 4.78 is 1.16. The van der Waals surface area contributed by atoms with Gasteiger partial charge in [-0.25, -0.2) is 0 Å². The molecule has 2 heteroatoms. The normalized spacial score (nSPS) is 15.3. The molecule has 0 N–H and O–H groups in total. The molecule has 0 rings (SSSR count). The molecule has 0 aromatic heterocycles. The van der Waals surface area contributed by atoms with E-state index in [4.69, 9.17) is 0 Å². The van der Waals surface area contributed by atoms with Gasteiger partial charge in [0.1, 0.15) is 0 Å². The molecule has 0 fully saturated rings. The van der Waals surface area contributed by atoms with E-state index in [1.807, 2.05) is 23.5 Å². The zero-order chi connectivity index (χ0) is 8.20. The molecule has 0 aromatic rings. The zero-order valence-electron chi connectivity index (χ0n) is 7.60. The molecule has 0 nitrogen and oxygen atoms in total. The standard InChI is InChI=1S/C8H18S2/c1-6-9-7(2)10-8(3,4)5/h7H,6H2,1-5H3. The van der Waals surface area contributed by atoms with Crippen LogP contribution in [0.15, 0.2) is 0 Å². The number of hydrogen-bond donors (Lipinski definition) is 0. The van der Waals surface area contributed by atoms with Gasteiger partial charge >= 0.3 is 0 Å². The first-order chi connectivity index (χ1) is 4.45. The molecule has 0 heterocycles. The largest absolute Gasteiger partial charge is 0.148 e. The van der Waals surface area contributed by atoms with Crippen LogP contribution < -0.4 is 0 Å². The monoisotopic (exact) mass is 178 g/mol. The fourth-order valence-electron chi connectivity index (χ4n) is 0.767. The molecule has 62 valence electrons. The number of thioether (sulfide) groups is 2. The van der Waals surface area contributed by atoms with Gasteiger partial charge in [0, 0.05) is 9.33 Å². The lowest BCUT2D eigenvalue weighted by atomic mass is 10.3. The van der Waals surface area contributed by atoms with Gasteiger partial charge in [0.25, 0.3) is 0 Å². The SMILES string of the molecule is CCSC(C)SC(C)(C)C. The van der Waals surface area contributed by atoms with Crippen LogP contribution in [0, 0.1) is 0 Å². The maximum Gasteiger partial charge on any atom is 0.0479 e. The van der Waals surface area contributed by atoms with E-state index in [-0.39, 0.29) is 0 Å². The molecule has 0 aliphatic rings. The Hall–Kier alpha value is 0.700. The second-order valence-corrected chi connectivity index (χ2v) is 7.34. The molecule has 0 spiro atoms. The highest BCUT2D eigenvalue weighted by Gasteiger charge is 2.14. The molecule has 1 unspecified atom stereocenters. The van der Waals surface area contributed by atoms with Crippen molar-refractivity contribution in [3.63, 3.8) is 0 Å². The van der Waals surface area contributed by atoms with E-state index < -0.39 is 0 Å². The van der Waals surface area contributed by atoms with Gasteiger partial charge < -0.3 is 0 Å². The predicted molar refractivity (Wildman–Crippen MR) is 54.9 cm³/mol. The molecule has 0 bridgehead atoms. The van der Waals surface area contributed by atoms with Crippen LogP contribution in [0.4, 0.5) is 0 Å². The van der Waals surface area contributed by atoms with Crippen LogP contribution in [-0.4, -0.2) is 15.1 Å². The second kappa shape index (κ2) is 4.55. The Kier molecular flexibility index (Phi) is 4.87. The summed E-state index contributed by atoms with van der Waals surface area (Å²) in [6.45, 7) is 11.3. The van der Waals surface area contributed by atoms with Crippen molar-refractivity contribution in [2.75, 3.05) is 5.75 Å². The lowest BCUT2D eigenvalue weighted by Crippen LogP contribution is -2.11. The van der Waals surface area contributed by atoms with Crippen molar-refractivity contribution in [3.05, 3.63) is 0 Å². The maximum atomic E-state index is 2.28. The third-order valence-electron chi connectivity index (χ3n) is 0.921. The molecule has 10 heavy (non-hydrogen) atoms. The molecule has 0 aromatic carbocycles. The molecule has 0 aliphatic heterocycles. The van der Waals surface area contributed by atoms with Crippen LogP contribution in [0.25, 0.3) is 0 Å². The summed E-state index contributed by atoms with van der Waals surface area (Å²) in [5.74, 6) is 1.23. The van der Waals surface area contributed by atoms with Crippen molar-refractivity contribution in [1.82, 2.24) is 0 Å². The third-order valence-corrected chi connectivity index (χ3v) is 3.46. The summed E-state index contributed by atoms with van der Waals surface area (Å²) in [6.07, 6.45) is 0. The number of rotatable bonds is 3. The zero-order valence-corrected chi connectivity index (χ0v) is 9.23. The maximum absolute atomic E-state index is 2.28. The van der Waals surface area contributed by atoms with Gasteiger partial charge in [-0.15, -0.1) is 23.5 Å². The quantitative estimate of drug-likeness (QED) is 0.605. The summed E-state index contributed by atoms with van der Waals surface area (Å²) in [5, 5.41) is 0. The Morgan fingerprint density at radius 2 is 1.80 bits per heavy atom. The van der Waals surface area contributed by atoms with Crippen molar-refractivity contribution in [1.29, 1.82) is 0 Å². The molecule has 1 atom stereocenters. The first-order valence-corrected chi connectivity index (χ1v) is 5.68. The lowest BCUT2D eigenvalue weighted by molar-refractivity contribution is 0.802. The van der Waals surface area contributed by atoms with Crippen molar-refractivity contribution in [3.8, 4) is 0 Å². The average Bonchev–Trinajstić information content (AvgIpc) is 1.59. The van der Waals surface area contributed by atoms with Gasteiger partial charge in [0.05, 0.1) is 0 Å². The van der Waals surface area contributed by atoms with E-state index in [2.05, 4.69) is 34.6 Å². The van der Waals surface area contributed by atoms with Crippen LogP contribution >= 0.6 is 23.5 Å². The Morgan fingerprint density at radius 3 is 2.10 bits per heavy atom. The Bertz CT molecular complexity index is 83.7. The van der Waals surface area contributed by atoms with Crippen LogP contribution in [0.5, 0.6) is 0 Å². The first-order valence-electron chi connectivity index (χ1n) is 3.75. The minimum atomic E-state index is 0.418. The van der Waals surface area contributed by atoms with E-state index in [1.54, 1.807) is 0 Å². The summed E-state index contributed by atoms with van der Waals surface area (Å²) in [4.78, 5) is 0. The van der Waals surface area contributed by atoms with Gasteiger partial charge in [-0.2, -0.15) is 0 Å². The van der Waals surface area contributed by atoms with E-state index in [1.165, 1.54) is 5.75 Å². The second-order valence-electron chi connectivity index (χ2n) is 3.25. The van der Waals surface area contributed by atoms with E-state index in [0.717, 1.165) is 4.58 Å². The highest BCUT2D eigenvalue weighted by molar-refractivity contribution is 8.17. The Labute approximate surface area is 73.5 Å². The summed E-state index contributed by atoms with van der Waals surface area (Å²) in [6, 6.07) is 0. The summed E-state index contributed by atoms with van der Waals surface area (Å²) in [5.41, 5.74) is 0. The van der Waals surface area contributed by atoms with Crippen LogP contribution in [0.2, 0.25) is 0 Å². The fraction of sp³-hybridized carbons (Fsp3) is 1.00. The molecule has 0 saturated heterocycles. The van der Waals surface area contributed by atoms with Crippen LogP contribution in [0.1, 0.15) is 34.6 Å². The number of hydrogen-bond acceptors (Lipinski definition) is 2. The molecular weight excluding hydrogens is 160 g/mol. The smallest absolute Gasteiger partial charge is 0.0479 e. The third kappa shape index (κ3) is 6.81. The highest BCUT2D eigenvalue weighted by atomic mass is 32.2. The minimum Gasteiger partial charge on any atom is -0.148 e. The Balaban J connectivity index is 3.47. The lowest BCUT2D eigenvalue weighted by Gasteiger charge is -2.21. The molecule has 0 aliphatic carbocycles. The van der Waals surface area contributed by atoms with Crippen LogP contribution in [0.3, 0.4) is 0 Å². The van der Waals surface area contributed by atoms with Gasteiger partial charge in [-0.3, -0.25) is 0 Å². The van der Waals surface area contributed by atoms with Gasteiger partial charge in [-0.05, 0) is 12.7 Å². The molecule has 0 saturated carbocycles. The topological polar surface area (TPSA) is 0 Å². The van der Waals surface area contributed by atoms with Crippen molar-refractivity contribution < 1.29 is 0 Å². The van der Waals surface area contributed by atoms with Crippen molar-refractivity contribution in [2.45, 2.75) is 43.9 Å². The van der Waals surface area contributed by atoms with Gasteiger partial charge in [0.15, 0.2) is 0 Å². The average molecular weight is 178 g/mol. The molecular formula is C8H18S2. The van der Waals surface area contributed by atoms with Gasteiger partial charge in [-0.1, -0.05) is 27.7 Å².